The molecular weight excluding hydrogens is 202 g/mol. The topological polar surface area (TPSA) is 57.6 Å². The summed E-state index contributed by atoms with van der Waals surface area (Å²) in [5.41, 5.74) is 0.0382. The van der Waals surface area contributed by atoms with Gasteiger partial charge < -0.3 is 5.11 Å². The smallest absolute Gasteiger partial charge is 0.214 e. The maximum absolute atomic E-state index is 11.6. The fraction of sp³-hybridized carbons (Fsp3) is 1.00. The van der Waals surface area contributed by atoms with Gasteiger partial charge in [-0.1, -0.05) is 20.8 Å². The number of hydrogen-bond donors (Lipinski definition) is 1. The van der Waals surface area contributed by atoms with Gasteiger partial charge in [0, 0.05) is 13.1 Å². The molecule has 1 aliphatic heterocycles. The number of nitrogens with zero attached hydrogens (tertiary/aromatic N) is 1. The summed E-state index contributed by atoms with van der Waals surface area (Å²) in [6.07, 6.45) is 0.196. The predicted octanol–water partition coefficient (Wildman–Crippen LogP) is 0.429. The molecule has 0 radical (unpaired) electrons. The fourth-order valence-electron chi connectivity index (χ4n) is 1.21. The van der Waals surface area contributed by atoms with Crippen molar-refractivity contribution in [1.29, 1.82) is 0 Å². The first-order chi connectivity index (χ1) is 6.21. The SMILES string of the molecule is CC(C)(C)CCS(=O)(=O)N1CC(O)C1. The van der Waals surface area contributed by atoms with Crippen LogP contribution < -0.4 is 0 Å². The maximum Gasteiger partial charge on any atom is 0.214 e. The third kappa shape index (κ3) is 3.22. The molecule has 0 bridgehead atoms. The second-order valence-electron chi connectivity index (χ2n) is 5.10. The Morgan fingerprint density at radius 1 is 1.36 bits per heavy atom. The Kier molecular flexibility index (Phi) is 3.23. The highest BCUT2D eigenvalue weighted by Gasteiger charge is 2.34. The molecule has 1 N–H and O–H groups in total. The summed E-state index contributed by atoms with van der Waals surface area (Å²) >= 11 is 0. The summed E-state index contributed by atoms with van der Waals surface area (Å²) in [7, 11) is -3.12. The quantitative estimate of drug-likeness (QED) is 0.752. The number of rotatable bonds is 3. The van der Waals surface area contributed by atoms with Crippen LogP contribution in [0.3, 0.4) is 0 Å². The van der Waals surface area contributed by atoms with Gasteiger partial charge in [-0.25, -0.2) is 8.42 Å². The number of aliphatic hydroxyl groups excluding tert-OH is 1. The lowest BCUT2D eigenvalue weighted by Crippen LogP contribution is -2.54. The molecule has 1 fully saturated rings. The maximum atomic E-state index is 11.6. The van der Waals surface area contributed by atoms with Gasteiger partial charge in [-0.2, -0.15) is 4.31 Å². The van der Waals surface area contributed by atoms with E-state index >= 15 is 0 Å². The minimum atomic E-state index is -3.12. The first-order valence-corrected chi connectivity index (χ1v) is 6.47. The van der Waals surface area contributed by atoms with Gasteiger partial charge in [0.1, 0.15) is 0 Å². The highest BCUT2D eigenvalue weighted by atomic mass is 32.2. The zero-order valence-corrected chi connectivity index (χ0v) is 9.84. The van der Waals surface area contributed by atoms with Gasteiger partial charge in [0.05, 0.1) is 11.9 Å². The number of aliphatic hydroxyl groups is 1. The minimum absolute atomic E-state index is 0.0382. The van der Waals surface area contributed by atoms with Crippen LogP contribution in [0.4, 0.5) is 0 Å². The third-order valence-corrected chi connectivity index (χ3v) is 4.14. The molecule has 1 saturated heterocycles. The Morgan fingerprint density at radius 3 is 2.21 bits per heavy atom. The third-order valence-electron chi connectivity index (χ3n) is 2.33. The van der Waals surface area contributed by atoms with Crippen molar-refractivity contribution in [3.8, 4) is 0 Å². The first kappa shape index (κ1) is 11.9. The first-order valence-electron chi connectivity index (χ1n) is 4.87. The highest BCUT2D eigenvalue weighted by Crippen LogP contribution is 2.22. The number of β-amino-alcohol motifs (C(OH)–C–C–N with tert-alkyl or cyclic N) is 1. The summed E-state index contributed by atoms with van der Waals surface area (Å²) in [4.78, 5) is 0. The average Bonchev–Trinajstić information content (AvgIpc) is 1.94. The Labute approximate surface area is 86.0 Å². The summed E-state index contributed by atoms with van der Waals surface area (Å²) in [6.45, 7) is 6.60. The monoisotopic (exact) mass is 221 g/mol. The molecule has 0 aromatic heterocycles. The van der Waals surface area contributed by atoms with E-state index in [9.17, 15) is 8.42 Å². The number of sulfonamides is 1. The van der Waals surface area contributed by atoms with Crippen LogP contribution in [0.15, 0.2) is 0 Å². The summed E-state index contributed by atoms with van der Waals surface area (Å²) in [5.74, 6) is 0.184. The van der Waals surface area contributed by atoms with Gasteiger partial charge in [0.15, 0.2) is 0 Å². The fourth-order valence-corrected chi connectivity index (χ4v) is 3.13. The lowest BCUT2D eigenvalue weighted by Gasteiger charge is -2.35. The zero-order valence-electron chi connectivity index (χ0n) is 9.02. The molecule has 4 nitrogen and oxygen atoms in total. The molecule has 0 unspecified atom stereocenters. The van der Waals surface area contributed by atoms with Crippen molar-refractivity contribution in [3.63, 3.8) is 0 Å². The van der Waals surface area contributed by atoms with Crippen LogP contribution in [0, 0.1) is 5.41 Å². The highest BCUT2D eigenvalue weighted by molar-refractivity contribution is 7.89. The van der Waals surface area contributed by atoms with Gasteiger partial charge in [-0.15, -0.1) is 0 Å². The van der Waals surface area contributed by atoms with E-state index in [1.165, 1.54) is 4.31 Å². The van der Waals surface area contributed by atoms with Crippen LogP contribution in [0.2, 0.25) is 0 Å². The Morgan fingerprint density at radius 2 is 1.86 bits per heavy atom. The Balaban J connectivity index is 2.44. The number of hydrogen-bond acceptors (Lipinski definition) is 3. The lowest BCUT2D eigenvalue weighted by atomic mass is 9.94. The van der Waals surface area contributed by atoms with Crippen molar-refractivity contribution in [2.45, 2.75) is 33.3 Å². The molecule has 0 aromatic rings. The average molecular weight is 221 g/mol. The van der Waals surface area contributed by atoms with E-state index in [2.05, 4.69) is 0 Å². The van der Waals surface area contributed by atoms with E-state index in [4.69, 9.17) is 5.11 Å². The Bertz CT molecular complexity index is 286. The predicted molar refractivity (Wildman–Crippen MR) is 55.4 cm³/mol. The molecule has 1 heterocycles. The normalized spacial score (nSPS) is 20.9. The minimum Gasteiger partial charge on any atom is -0.390 e. The largest absolute Gasteiger partial charge is 0.390 e. The van der Waals surface area contributed by atoms with E-state index < -0.39 is 16.1 Å². The van der Waals surface area contributed by atoms with E-state index in [1.807, 2.05) is 20.8 Å². The summed E-state index contributed by atoms with van der Waals surface area (Å²) < 4.78 is 24.6. The van der Waals surface area contributed by atoms with E-state index in [-0.39, 0.29) is 24.3 Å². The molecular formula is C9H19NO3S. The van der Waals surface area contributed by atoms with Crippen molar-refractivity contribution in [3.05, 3.63) is 0 Å². The van der Waals surface area contributed by atoms with Gasteiger partial charge in [-0.05, 0) is 11.8 Å². The second kappa shape index (κ2) is 3.79. The van der Waals surface area contributed by atoms with Crippen LogP contribution in [-0.2, 0) is 10.0 Å². The van der Waals surface area contributed by atoms with Crippen molar-refractivity contribution < 1.29 is 13.5 Å². The van der Waals surface area contributed by atoms with Crippen molar-refractivity contribution in [2.75, 3.05) is 18.8 Å². The summed E-state index contributed by atoms with van der Waals surface area (Å²) in [5, 5.41) is 9.00. The van der Waals surface area contributed by atoms with E-state index in [0.29, 0.717) is 6.42 Å². The molecule has 0 aromatic carbocycles. The molecule has 0 saturated carbocycles. The molecule has 14 heavy (non-hydrogen) atoms. The molecule has 5 heteroatoms. The van der Waals surface area contributed by atoms with Gasteiger partial charge in [0.2, 0.25) is 10.0 Å². The van der Waals surface area contributed by atoms with Gasteiger partial charge >= 0.3 is 0 Å². The van der Waals surface area contributed by atoms with Crippen LogP contribution in [-0.4, -0.2) is 42.8 Å². The molecule has 0 amide bonds. The van der Waals surface area contributed by atoms with Gasteiger partial charge in [-0.3, -0.25) is 0 Å². The zero-order chi connectivity index (χ0) is 11.0. The lowest BCUT2D eigenvalue weighted by molar-refractivity contribution is 0.0546. The van der Waals surface area contributed by atoms with Crippen molar-refractivity contribution >= 4 is 10.0 Å². The molecule has 84 valence electrons. The molecule has 0 spiro atoms. The molecule has 1 aliphatic rings. The standard InChI is InChI=1S/C9H19NO3S/c1-9(2,3)4-5-14(12,13)10-6-8(11)7-10/h8,11H,4-7H2,1-3H3. The van der Waals surface area contributed by atoms with Crippen LogP contribution >= 0.6 is 0 Å². The Hall–Kier alpha value is -0.130. The van der Waals surface area contributed by atoms with Crippen molar-refractivity contribution in [1.82, 2.24) is 4.31 Å². The van der Waals surface area contributed by atoms with E-state index in [1.54, 1.807) is 0 Å². The van der Waals surface area contributed by atoms with Crippen LogP contribution in [0.25, 0.3) is 0 Å². The summed E-state index contributed by atoms with van der Waals surface area (Å²) in [6, 6.07) is 0. The van der Waals surface area contributed by atoms with Crippen molar-refractivity contribution in [2.24, 2.45) is 5.41 Å². The van der Waals surface area contributed by atoms with Crippen LogP contribution in [0.5, 0.6) is 0 Å². The molecule has 1 rings (SSSR count). The second-order valence-corrected chi connectivity index (χ2v) is 7.19. The van der Waals surface area contributed by atoms with Gasteiger partial charge in [0.25, 0.3) is 0 Å². The molecule has 0 aliphatic carbocycles. The molecule has 0 atom stereocenters. The van der Waals surface area contributed by atoms with E-state index in [0.717, 1.165) is 0 Å². The van der Waals surface area contributed by atoms with Crippen LogP contribution in [0.1, 0.15) is 27.2 Å².